The quantitative estimate of drug-likeness (QED) is 0.753. The summed E-state index contributed by atoms with van der Waals surface area (Å²) in [7, 11) is 0. The molecule has 0 aliphatic rings. The molecule has 0 saturated carbocycles. The van der Waals surface area contributed by atoms with Crippen molar-refractivity contribution in [1.82, 2.24) is 10.2 Å². The Morgan fingerprint density at radius 2 is 2.14 bits per heavy atom. The molecule has 0 saturated heterocycles. The maximum absolute atomic E-state index is 13.8. The van der Waals surface area contributed by atoms with Crippen LogP contribution in [0.4, 0.5) is 14.5 Å². The van der Waals surface area contributed by atoms with Crippen molar-refractivity contribution in [3.8, 4) is 10.6 Å². The lowest BCUT2D eigenvalue weighted by atomic mass is 10.2. The molecule has 0 aliphatic carbocycles. The van der Waals surface area contributed by atoms with E-state index < -0.39 is 11.6 Å². The summed E-state index contributed by atoms with van der Waals surface area (Å²) in [5.41, 5.74) is 2.24. The third kappa shape index (κ3) is 2.80. The third-order valence-electron chi connectivity index (χ3n) is 3.20. The third-order valence-corrected chi connectivity index (χ3v) is 4.09. The topological polar surface area (TPSA) is 40.7 Å². The van der Waals surface area contributed by atoms with Gasteiger partial charge in [0.25, 0.3) is 0 Å². The van der Waals surface area contributed by atoms with Gasteiger partial charge in [0.15, 0.2) is 0 Å². The highest BCUT2D eigenvalue weighted by atomic mass is 32.1. The van der Waals surface area contributed by atoms with E-state index in [2.05, 4.69) is 15.5 Å². The molecule has 0 unspecified atom stereocenters. The fourth-order valence-electron chi connectivity index (χ4n) is 2.05. The lowest BCUT2D eigenvalue weighted by Gasteiger charge is -2.09. The molecule has 0 aliphatic heterocycles. The van der Waals surface area contributed by atoms with Crippen LogP contribution in [0.2, 0.25) is 0 Å². The number of aryl methyl sites for hydroxylation is 1. The molecule has 0 radical (unpaired) electrons. The summed E-state index contributed by atoms with van der Waals surface area (Å²) in [4.78, 5) is 1.06. The number of halogens is 2. The van der Waals surface area contributed by atoms with E-state index >= 15 is 0 Å². The second-order valence-electron chi connectivity index (χ2n) is 4.68. The first-order chi connectivity index (χ1) is 10.1. The minimum Gasteiger partial charge on any atom is -0.378 e. The van der Waals surface area contributed by atoms with Crippen molar-refractivity contribution < 1.29 is 8.78 Å². The van der Waals surface area contributed by atoms with E-state index in [0.717, 1.165) is 16.1 Å². The maximum atomic E-state index is 13.8. The van der Waals surface area contributed by atoms with Gasteiger partial charge >= 0.3 is 0 Å². The molecular weight excluding hydrogens is 292 g/mol. The molecule has 0 fully saturated rings. The number of hydrogen-bond donors (Lipinski definition) is 2. The van der Waals surface area contributed by atoms with Crippen molar-refractivity contribution in [3.63, 3.8) is 0 Å². The minimum atomic E-state index is -0.463. The van der Waals surface area contributed by atoms with Gasteiger partial charge in [-0.1, -0.05) is 6.07 Å². The van der Waals surface area contributed by atoms with Gasteiger partial charge in [-0.15, -0.1) is 11.3 Å². The Morgan fingerprint density at radius 1 is 1.29 bits per heavy atom. The first-order valence-electron chi connectivity index (χ1n) is 6.41. The van der Waals surface area contributed by atoms with Crippen LogP contribution in [0, 0.1) is 18.6 Å². The molecule has 0 bridgehead atoms. The molecule has 0 spiro atoms. The van der Waals surface area contributed by atoms with Crippen molar-refractivity contribution >= 4 is 17.0 Å². The number of anilines is 1. The summed E-state index contributed by atoms with van der Waals surface area (Å²) in [5.74, 6) is -0.889. The molecule has 3 aromatic rings. The molecule has 21 heavy (non-hydrogen) atoms. The number of thiophene rings is 1. The molecule has 6 heteroatoms. The zero-order valence-electron chi connectivity index (χ0n) is 11.3. The number of aromatic nitrogens is 2. The molecule has 1 aromatic carbocycles. The average molecular weight is 305 g/mol. The van der Waals surface area contributed by atoms with Gasteiger partial charge < -0.3 is 5.32 Å². The highest BCUT2D eigenvalue weighted by Gasteiger charge is 2.11. The Kier molecular flexibility index (Phi) is 3.70. The van der Waals surface area contributed by atoms with Gasteiger partial charge in [0.1, 0.15) is 11.6 Å². The van der Waals surface area contributed by atoms with Crippen LogP contribution in [0.15, 0.2) is 35.8 Å². The minimum absolute atomic E-state index is 0.149. The second-order valence-corrected chi connectivity index (χ2v) is 5.63. The monoisotopic (exact) mass is 305 g/mol. The summed E-state index contributed by atoms with van der Waals surface area (Å²) >= 11 is 1.59. The second kappa shape index (κ2) is 5.65. The highest BCUT2D eigenvalue weighted by molar-refractivity contribution is 7.13. The Hall–Kier alpha value is -2.21. The Morgan fingerprint density at radius 3 is 2.90 bits per heavy atom. The molecule has 0 amide bonds. The van der Waals surface area contributed by atoms with E-state index in [0.29, 0.717) is 12.1 Å². The molecule has 2 aromatic heterocycles. The van der Waals surface area contributed by atoms with Gasteiger partial charge in [-0.3, -0.25) is 5.10 Å². The lowest BCUT2D eigenvalue weighted by Crippen LogP contribution is -2.03. The van der Waals surface area contributed by atoms with Gasteiger partial charge in [-0.25, -0.2) is 8.78 Å². The number of nitrogens with one attached hydrogen (secondary N) is 2. The molecule has 2 N–H and O–H groups in total. The number of benzene rings is 1. The van der Waals surface area contributed by atoms with Gasteiger partial charge in [-0.05, 0) is 30.0 Å². The number of rotatable bonds is 4. The van der Waals surface area contributed by atoms with Crippen LogP contribution in [-0.2, 0) is 6.54 Å². The van der Waals surface area contributed by atoms with Gasteiger partial charge in [0.05, 0.1) is 22.5 Å². The molecular formula is C15H13F2N3S. The summed E-state index contributed by atoms with van der Waals surface area (Å²) in [6, 6.07) is 6.30. The Bertz CT molecular complexity index is 750. The van der Waals surface area contributed by atoms with E-state index in [1.165, 1.54) is 19.1 Å². The van der Waals surface area contributed by atoms with Crippen LogP contribution in [0.5, 0.6) is 0 Å². The molecule has 2 heterocycles. The Balaban J connectivity index is 1.80. The predicted octanol–water partition coefficient (Wildman–Crippen LogP) is 4.34. The van der Waals surface area contributed by atoms with E-state index in [9.17, 15) is 8.78 Å². The number of aromatic amines is 1. The fraction of sp³-hybridized carbons (Fsp3) is 0.133. The Labute approximate surface area is 124 Å². The van der Waals surface area contributed by atoms with Crippen molar-refractivity contribution in [2.75, 3.05) is 5.32 Å². The van der Waals surface area contributed by atoms with Crippen molar-refractivity contribution in [1.29, 1.82) is 0 Å². The predicted molar refractivity (Wildman–Crippen MR) is 80.3 cm³/mol. The van der Waals surface area contributed by atoms with Crippen LogP contribution in [-0.4, -0.2) is 10.2 Å². The van der Waals surface area contributed by atoms with Crippen molar-refractivity contribution in [3.05, 3.63) is 58.6 Å². The molecule has 108 valence electrons. The summed E-state index contributed by atoms with van der Waals surface area (Å²) in [6.45, 7) is 1.90. The molecule has 0 atom stereocenters. The zero-order valence-corrected chi connectivity index (χ0v) is 12.1. The summed E-state index contributed by atoms with van der Waals surface area (Å²) < 4.78 is 27.3. The van der Waals surface area contributed by atoms with Gasteiger partial charge in [0, 0.05) is 18.2 Å². The number of hydrogen-bond acceptors (Lipinski definition) is 3. The SMILES string of the molecule is Cc1cc(F)c(NCc2cn[nH]c2-c2cccs2)cc1F. The van der Waals surface area contributed by atoms with Gasteiger partial charge in [-0.2, -0.15) is 5.10 Å². The molecule has 3 rings (SSSR count). The highest BCUT2D eigenvalue weighted by Crippen LogP contribution is 2.27. The lowest BCUT2D eigenvalue weighted by molar-refractivity contribution is 0.594. The van der Waals surface area contributed by atoms with E-state index in [1.807, 2.05) is 17.5 Å². The van der Waals surface area contributed by atoms with Crippen LogP contribution >= 0.6 is 11.3 Å². The fourth-order valence-corrected chi connectivity index (χ4v) is 2.81. The molecule has 3 nitrogen and oxygen atoms in total. The van der Waals surface area contributed by atoms with Crippen molar-refractivity contribution in [2.45, 2.75) is 13.5 Å². The van der Waals surface area contributed by atoms with Crippen LogP contribution < -0.4 is 5.32 Å². The van der Waals surface area contributed by atoms with Crippen LogP contribution in [0.25, 0.3) is 10.6 Å². The zero-order chi connectivity index (χ0) is 14.8. The van der Waals surface area contributed by atoms with E-state index in [1.54, 1.807) is 17.5 Å². The van der Waals surface area contributed by atoms with Crippen molar-refractivity contribution in [2.24, 2.45) is 0 Å². The first-order valence-corrected chi connectivity index (χ1v) is 7.29. The standard InChI is InChI=1S/C15H13F2N3S/c1-9-5-12(17)13(6-11(9)16)18-7-10-8-19-20-15(10)14-3-2-4-21-14/h2-6,8,18H,7H2,1H3,(H,19,20). The maximum Gasteiger partial charge on any atom is 0.146 e. The number of H-pyrrole nitrogens is 1. The average Bonchev–Trinajstić information content (AvgIpc) is 3.11. The number of nitrogens with zero attached hydrogens (tertiary/aromatic N) is 1. The summed E-state index contributed by atoms with van der Waals surface area (Å²) in [6.07, 6.45) is 1.69. The van der Waals surface area contributed by atoms with E-state index in [4.69, 9.17) is 0 Å². The smallest absolute Gasteiger partial charge is 0.146 e. The van der Waals surface area contributed by atoms with Crippen LogP contribution in [0.3, 0.4) is 0 Å². The largest absolute Gasteiger partial charge is 0.378 e. The van der Waals surface area contributed by atoms with Gasteiger partial charge in [0.2, 0.25) is 0 Å². The summed E-state index contributed by atoms with van der Waals surface area (Å²) in [5, 5.41) is 11.8. The van der Waals surface area contributed by atoms with Crippen LogP contribution in [0.1, 0.15) is 11.1 Å². The first kappa shape index (κ1) is 13.8. The van der Waals surface area contributed by atoms with E-state index in [-0.39, 0.29) is 5.69 Å². The normalized spacial score (nSPS) is 10.8.